The van der Waals surface area contributed by atoms with Gasteiger partial charge in [0.2, 0.25) is 10.0 Å². The van der Waals surface area contributed by atoms with Crippen LogP contribution < -0.4 is 0 Å². The summed E-state index contributed by atoms with van der Waals surface area (Å²) < 4.78 is 49.2. The fourth-order valence-electron chi connectivity index (χ4n) is 2.67. The molecule has 0 aromatic heterocycles. The zero-order valence-electron chi connectivity index (χ0n) is 12.3. The first-order valence-corrected chi connectivity index (χ1v) is 10.4. The molecule has 1 aliphatic heterocycles. The molecule has 2 rings (SSSR count). The van der Waals surface area contributed by atoms with Crippen LogP contribution in [0.15, 0.2) is 29.2 Å². The van der Waals surface area contributed by atoms with E-state index in [0.717, 1.165) is 0 Å². The minimum atomic E-state index is -3.71. The summed E-state index contributed by atoms with van der Waals surface area (Å²) in [6.07, 6.45) is 2.22. The molecule has 1 heterocycles. The first kappa shape index (κ1) is 16.9. The van der Waals surface area contributed by atoms with Gasteiger partial charge in [0.1, 0.15) is 15.9 Å². The number of hydrogen-bond donors (Lipinski definition) is 0. The Hall–Kier alpha value is -1.43. The Bertz CT molecular complexity index is 786. The third-order valence-electron chi connectivity index (χ3n) is 3.74. The van der Waals surface area contributed by atoms with Crippen molar-refractivity contribution in [2.75, 3.05) is 25.1 Å². The quantitative estimate of drug-likeness (QED) is 0.813. The van der Waals surface area contributed by atoms with Gasteiger partial charge in [0.25, 0.3) is 0 Å². The third kappa shape index (κ3) is 3.85. The van der Waals surface area contributed by atoms with Crippen molar-refractivity contribution in [3.05, 3.63) is 29.8 Å². The van der Waals surface area contributed by atoms with E-state index in [2.05, 4.69) is 0 Å². The molecule has 120 valence electrons. The van der Waals surface area contributed by atoms with E-state index in [0.29, 0.717) is 12.8 Å². The summed E-state index contributed by atoms with van der Waals surface area (Å²) >= 11 is 0. The topological polar surface area (TPSA) is 95.3 Å². The molecule has 0 spiro atoms. The van der Waals surface area contributed by atoms with E-state index >= 15 is 0 Å². The maximum Gasteiger partial charge on any atom is 0.244 e. The molecule has 0 unspecified atom stereocenters. The third-order valence-corrected chi connectivity index (χ3v) is 6.77. The lowest BCUT2D eigenvalue weighted by Gasteiger charge is -2.31. The van der Waals surface area contributed by atoms with Crippen LogP contribution in [0.4, 0.5) is 0 Å². The van der Waals surface area contributed by atoms with Gasteiger partial charge in [-0.3, -0.25) is 0 Å². The smallest absolute Gasteiger partial charge is 0.229 e. The van der Waals surface area contributed by atoms with Crippen LogP contribution in [0.3, 0.4) is 0 Å². The molecule has 1 aliphatic rings. The minimum absolute atomic E-state index is 0.00680. The number of rotatable bonds is 4. The lowest BCUT2D eigenvalue weighted by molar-refractivity contribution is 0.289. The van der Waals surface area contributed by atoms with Gasteiger partial charge in [-0.05, 0) is 30.9 Å². The van der Waals surface area contributed by atoms with E-state index in [1.165, 1.54) is 22.7 Å². The molecule has 0 aliphatic carbocycles. The average molecular weight is 342 g/mol. The zero-order valence-corrected chi connectivity index (χ0v) is 13.9. The normalized spacial score (nSPS) is 18.0. The van der Waals surface area contributed by atoms with Gasteiger partial charge in [0.15, 0.2) is 0 Å². The predicted octanol–water partition coefficient (Wildman–Crippen LogP) is 1.00. The van der Waals surface area contributed by atoms with Crippen LogP contribution in [-0.2, 0) is 19.9 Å². The molecular formula is C14H18N2O4S2. The second-order valence-electron chi connectivity index (χ2n) is 5.55. The lowest BCUT2D eigenvalue weighted by atomic mass is 10.0. The molecule has 0 amide bonds. The van der Waals surface area contributed by atoms with Gasteiger partial charge in [-0.25, -0.2) is 16.8 Å². The first-order valence-electron chi connectivity index (χ1n) is 6.91. The van der Waals surface area contributed by atoms with Crippen LogP contribution >= 0.6 is 0 Å². The number of hydrogen-bond acceptors (Lipinski definition) is 5. The van der Waals surface area contributed by atoms with Gasteiger partial charge in [0.05, 0.1) is 16.2 Å². The Morgan fingerprint density at radius 2 is 1.77 bits per heavy atom. The highest BCUT2D eigenvalue weighted by Crippen LogP contribution is 2.26. The van der Waals surface area contributed by atoms with Crippen molar-refractivity contribution in [2.45, 2.75) is 17.7 Å². The summed E-state index contributed by atoms with van der Waals surface area (Å²) in [7, 11) is -6.76. The summed E-state index contributed by atoms with van der Waals surface area (Å²) in [4.78, 5) is 0.0130. The highest BCUT2D eigenvalue weighted by Gasteiger charge is 2.31. The number of piperidine rings is 1. The monoisotopic (exact) mass is 342 g/mol. The van der Waals surface area contributed by atoms with E-state index in [9.17, 15) is 16.8 Å². The number of benzene rings is 1. The molecule has 0 saturated carbocycles. The van der Waals surface area contributed by atoms with Crippen LogP contribution in [0.1, 0.15) is 18.4 Å². The molecule has 0 atom stereocenters. The highest BCUT2D eigenvalue weighted by molar-refractivity contribution is 7.90. The molecule has 1 fully saturated rings. The highest BCUT2D eigenvalue weighted by atomic mass is 32.2. The Morgan fingerprint density at radius 1 is 1.18 bits per heavy atom. The summed E-state index contributed by atoms with van der Waals surface area (Å²) in [5, 5.41) is 9.05. The average Bonchev–Trinajstić information content (AvgIpc) is 2.46. The van der Waals surface area contributed by atoms with Crippen molar-refractivity contribution >= 4 is 19.9 Å². The van der Waals surface area contributed by atoms with Crippen molar-refractivity contribution < 1.29 is 16.8 Å². The summed E-state index contributed by atoms with van der Waals surface area (Å²) in [5.74, 6) is 0.0861. The fourth-order valence-corrected chi connectivity index (χ4v) is 5.47. The van der Waals surface area contributed by atoms with E-state index in [4.69, 9.17) is 5.26 Å². The van der Waals surface area contributed by atoms with Crippen molar-refractivity contribution in [1.29, 1.82) is 5.26 Å². The Balaban J connectivity index is 2.15. The largest absolute Gasteiger partial charge is 0.244 e. The molecule has 1 aromatic carbocycles. The van der Waals surface area contributed by atoms with Crippen molar-refractivity contribution in [3.63, 3.8) is 0 Å². The molecule has 0 bridgehead atoms. The van der Waals surface area contributed by atoms with Gasteiger partial charge < -0.3 is 0 Å². The predicted molar refractivity (Wildman–Crippen MR) is 82.4 cm³/mol. The number of sulfonamides is 1. The first-order chi connectivity index (χ1) is 10.2. The summed E-state index contributed by atoms with van der Waals surface area (Å²) in [6.45, 7) is 0.560. The Morgan fingerprint density at radius 3 is 2.32 bits per heavy atom. The molecule has 1 aromatic rings. The molecule has 0 N–H and O–H groups in total. The van der Waals surface area contributed by atoms with Gasteiger partial charge in [-0.1, -0.05) is 12.1 Å². The van der Waals surface area contributed by atoms with Crippen molar-refractivity contribution in [1.82, 2.24) is 4.31 Å². The van der Waals surface area contributed by atoms with Crippen molar-refractivity contribution in [2.24, 2.45) is 5.92 Å². The number of nitrogens with zero attached hydrogens (tertiary/aromatic N) is 2. The van der Waals surface area contributed by atoms with Gasteiger partial charge in [0, 0.05) is 19.3 Å². The van der Waals surface area contributed by atoms with Crippen LogP contribution in [0.25, 0.3) is 0 Å². The minimum Gasteiger partial charge on any atom is -0.229 e. The van der Waals surface area contributed by atoms with Crippen LogP contribution in [0.5, 0.6) is 0 Å². The molecule has 8 heteroatoms. The lowest BCUT2D eigenvalue weighted by Crippen LogP contribution is -2.40. The zero-order chi connectivity index (χ0) is 16.4. The SMILES string of the molecule is CS(=O)(=O)CC1CCN(S(=O)(=O)c2ccccc2C#N)CC1. The van der Waals surface area contributed by atoms with Gasteiger partial charge in [-0.15, -0.1) is 0 Å². The molecule has 22 heavy (non-hydrogen) atoms. The fraction of sp³-hybridized carbons (Fsp3) is 0.500. The van der Waals surface area contributed by atoms with E-state index in [-0.39, 0.29) is 35.2 Å². The Labute approximate surface area is 131 Å². The Kier molecular flexibility index (Phi) is 4.90. The molecule has 6 nitrogen and oxygen atoms in total. The molecule has 1 saturated heterocycles. The second kappa shape index (κ2) is 6.36. The van der Waals surface area contributed by atoms with E-state index in [1.807, 2.05) is 6.07 Å². The number of sulfone groups is 1. The van der Waals surface area contributed by atoms with Gasteiger partial charge in [-0.2, -0.15) is 9.57 Å². The van der Waals surface area contributed by atoms with Crippen LogP contribution in [0, 0.1) is 17.2 Å². The standard InChI is InChI=1S/C14H18N2O4S2/c1-21(17,18)11-12-6-8-16(9-7-12)22(19,20)14-5-3-2-4-13(14)10-15/h2-5,12H,6-9,11H2,1H3. The summed E-state index contributed by atoms with van der Waals surface area (Å²) in [5.41, 5.74) is 0.126. The maximum atomic E-state index is 12.6. The van der Waals surface area contributed by atoms with Crippen LogP contribution in [-0.4, -0.2) is 46.2 Å². The maximum absolute atomic E-state index is 12.6. The number of nitriles is 1. The van der Waals surface area contributed by atoms with E-state index in [1.54, 1.807) is 12.1 Å². The molecular weight excluding hydrogens is 324 g/mol. The van der Waals surface area contributed by atoms with Crippen LogP contribution in [0.2, 0.25) is 0 Å². The van der Waals surface area contributed by atoms with E-state index < -0.39 is 19.9 Å². The second-order valence-corrected chi connectivity index (χ2v) is 9.64. The van der Waals surface area contributed by atoms with Crippen molar-refractivity contribution in [3.8, 4) is 6.07 Å². The van der Waals surface area contributed by atoms with Gasteiger partial charge >= 0.3 is 0 Å². The molecule has 0 radical (unpaired) electrons. The summed E-state index contributed by atoms with van der Waals surface area (Å²) in [6, 6.07) is 8.01.